The second-order valence-electron chi connectivity index (χ2n) is 4.65. The molecule has 0 aliphatic heterocycles. The number of likely N-dealkylation sites (N-methyl/N-ethyl adjacent to an activating group) is 1. The van der Waals surface area contributed by atoms with Crippen molar-refractivity contribution in [1.29, 1.82) is 0 Å². The lowest BCUT2D eigenvalue weighted by atomic mass is 10.1. The first-order chi connectivity index (χ1) is 9.08. The minimum Gasteiger partial charge on any atom is -0.398 e. The van der Waals surface area contributed by atoms with Gasteiger partial charge in [0.1, 0.15) is 0 Å². The molecule has 100 valence electrons. The minimum absolute atomic E-state index is 0.0160. The summed E-state index contributed by atoms with van der Waals surface area (Å²) in [6.45, 7) is 2.66. The maximum absolute atomic E-state index is 12.3. The molecule has 0 aliphatic carbocycles. The van der Waals surface area contributed by atoms with Crippen molar-refractivity contribution in [1.82, 2.24) is 4.90 Å². The molecule has 1 aromatic carbocycles. The van der Waals surface area contributed by atoms with E-state index in [1.165, 1.54) is 4.88 Å². The molecule has 0 saturated heterocycles. The second-order valence-corrected chi connectivity index (χ2v) is 5.68. The molecule has 3 nitrogen and oxygen atoms in total. The molecule has 1 heterocycles. The minimum atomic E-state index is -0.0160. The van der Waals surface area contributed by atoms with E-state index in [2.05, 4.69) is 11.4 Å². The molecule has 4 heteroatoms. The second kappa shape index (κ2) is 5.89. The fraction of sp³-hybridized carbons (Fsp3) is 0.267. The summed E-state index contributed by atoms with van der Waals surface area (Å²) < 4.78 is 0. The van der Waals surface area contributed by atoms with Gasteiger partial charge in [-0.2, -0.15) is 0 Å². The molecule has 2 N–H and O–H groups in total. The Bertz CT molecular complexity index is 564. The number of carbonyl (C=O) groups excluding carboxylic acids is 1. The fourth-order valence-corrected chi connectivity index (χ4v) is 2.59. The summed E-state index contributed by atoms with van der Waals surface area (Å²) >= 11 is 1.72. The van der Waals surface area contributed by atoms with Crippen molar-refractivity contribution < 1.29 is 4.79 Å². The van der Waals surface area contributed by atoms with E-state index in [-0.39, 0.29) is 5.91 Å². The van der Waals surface area contributed by atoms with Crippen LogP contribution in [0.15, 0.2) is 35.7 Å². The Balaban J connectivity index is 2.04. The molecule has 0 aliphatic rings. The van der Waals surface area contributed by atoms with E-state index in [4.69, 9.17) is 5.73 Å². The zero-order chi connectivity index (χ0) is 13.8. The average molecular weight is 274 g/mol. The van der Waals surface area contributed by atoms with Gasteiger partial charge in [-0.15, -0.1) is 11.3 Å². The van der Waals surface area contributed by atoms with E-state index in [0.717, 1.165) is 12.0 Å². The third kappa shape index (κ3) is 3.35. The lowest BCUT2D eigenvalue weighted by molar-refractivity contribution is 0.0798. The molecular formula is C15H18N2OS. The first-order valence-electron chi connectivity index (χ1n) is 6.22. The number of carbonyl (C=O) groups is 1. The Morgan fingerprint density at radius 2 is 2.16 bits per heavy atom. The van der Waals surface area contributed by atoms with Gasteiger partial charge in [0.25, 0.3) is 5.91 Å². The van der Waals surface area contributed by atoms with Gasteiger partial charge in [-0.3, -0.25) is 4.79 Å². The number of hydrogen-bond donors (Lipinski definition) is 1. The van der Waals surface area contributed by atoms with Crippen LogP contribution in [-0.2, 0) is 6.42 Å². The summed E-state index contributed by atoms with van der Waals surface area (Å²) in [5.74, 6) is -0.0160. The van der Waals surface area contributed by atoms with Crippen LogP contribution < -0.4 is 5.73 Å². The number of nitrogens with zero attached hydrogens (tertiary/aromatic N) is 1. The van der Waals surface area contributed by atoms with Gasteiger partial charge in [0.05, 0.1) is 5.56 Å². The van der Waals surface area contributed by atoms with Gasteiger partial charge in [-0.05, 0) is 36.9 Å². The largest absolute Gasteiger partial charge is 0.398 e. The van der Waals surface area contributed by atoms with Gasteiger partial charge in [0.2, 0.25) is 0 Å². The van der Waals surface area contributed by atoms with Crippen molar-refractivity contribution in [2.24, 2.45) is 0 Å². The van der Waals surface area contributed by atoms with Crippen LogP contribution in [0.2, 0.25) is 0 Å². The fourth-order valence-electron chi connectivity index (χ4n) is 1.90. The monoisotopic (exact) mass is 274 g/mol. The summed E-state index contributed by atoms with van der Waals surface area (Å²) in [5, 5.41) is 2.05. The zero-order valence-electron chi connectivity index (χ0n) is 11.2. The molecule has 2 aromatic rings. The van der Waals surface area contributed by atoms with Crippen LogP contribution in [0.4, 0.5) is 5.69 Å². The van der Waals surface area contributed by atoms with Crippen LogP contribution in [0, 0.1) is 6.92 Å². The van der Waals surface area contributed by atoms with Crippen LogP contribution >= 0.6 is 11.3 Å². The third-order valence-electron chi connectivity index (χ3n) is 3.06. The van der Waals surface area contributed by atoms with Crippen LogP contribution in [0.25, 0.3) is 0 Å². The highest BCUT2D eigenvalue weighted by Crippen LogP contribution is 2.16. The van der Waals surface area contributed by atoms with Crippen LogP contribution in [0.5, 0.6) is 0 Å². The maximum Gasteiger partial charge on any atom is 0.255 e. The molecular weight excluding hydrogens is 256 g/mol. The highest BCUT2D eigenvalue weighted by atomic mass is 32.1. The average Bonchev–Trinajstić information content (AvgIpc) is 2.91. The first kappa shape index (κ1) is 13.6. The predicted octanol–water partition coefficient (Wildman–Crippen LogP) is 2.95. The predicted molar refractivity (Wildman–Crippen MR) is 80.6 cm³/mol. The van der Waals surface area contributed by atoms with E-state index in [9.17, 15) is 4.79 Å². The topological polar surface area (TPSA) is 46.3 Å². The quantitative estimate of drug-likeness (QED) is 0.871. The maximum atomic E-state index is 12.3. The van der Waals surface area contributed by atoms with Gasteiger partial charge in [-0.1, -0.05) is 17.7 Å². The summed E-state index contributed by atoms with van der Waals surface area (Å²) in [7, 11) is 1.82. The number of aryl methyl sites for hydroxylation is 1. The summed E-state index contributed by atoms with van der Waals surface area (Å²) in [4.78, 5) is 15.3. The van der Waals surface area contributed by atoms with Gasteiger partial charge >= 0.3 is 0 Å². The molecule has 0 unspecified atom stereocenters. The van der Waals surface area contributed by atoms with Gasteiger partial charge in [0, 0.05) is 24.2 Å². The number of benzene rings is 1. The SMILES string of the molecule is Cc1ccc(N)c(C(=O)N(C)CCc2cccs2)c1. The standard InChI is InChI=1S/C15H18N2OS/c1-11-5-6-14(16)13(10-11)15(18)17(2)8-7-12-4-3-9-19-12/h3-6,9-10H,7-8,16H2,1-2H3. The molecule has 1 amide bonds. The molecule has 1 aromatic heterocycles. The zero-order valence-corrected chi connectivity index (χ0v) is 12.0. The van der Waals surface area contributed by atoms with Crippen LogP contribution in [0.1, 0.15) is 20.8 Å². The van der Waals surface area contributed by atoms with Crippen LogP contribution in [-0.4, -0.2) is 24.4 Å². The van der Waals surface area contributed by atoms with Gasteiger partial charge in [-0.25, -0.2) is 0 Å². The van der Waals surface area contributed by atoms with Gasteiger partial charge < -0.3 is 10.6 Å². The Morgan fingerprint density at radius 3 is 2.84 bits per heavy atom. The van der Waals surface area contributed by atoms with E-state index < -0.39 is 0 Å². The first-order valence-corrected chi connectivity index (χ1v) is 7.10. The van der Waals surface area contributed by atoms with Crippen molar-refractivity contribution in [2.75, 3.05) is 19.3 Å². The lowest BCUT2D eigenvalue weighted by Gasteiger charge is -2.18. The van der Waals surface area contributed by atoms with E-state index >= 15 is 0 Å². The molecule has 0 spiro atoms. The molecule has 2 rings (SSSR count). The number of hydrogen-bond acceptors (Lipinski definition) is 3. The van der Waals surface area contributed by atoms with E-state index in [0.29, 0.717) is 17.8 Å². The van der Waals surface area contributed by atoms with Crippen molar-refractivity contribution >= 4 is 22.9 Å². The molecule has 0 bridgehead atoms. The number of nitrogen functional groups attached to an aromatic ring is 1. The number of thiophene rings is 1. The smallest absolute Gasteiger partial charge is 0.255 e. The molecule has 19 heavy (non-hydrogen) atoms. The highest BCUT2D eigenvalue weighted by Gasteiger charge is 2.14. The molecule has 0 atom stereocenters. The number of nitrogens with two attached hydrogens (primary N) is 1. The van der Waals surface area contributed by atoms with E-state index in [1.807, 2.05) is 32.2 Å². The van der Waals surface area contributed by atoms with Crippen LogP contribution in [0.3, 0.4) is 0 Å². The lowest BCUT2D eigenvalue weighted by Crippen LogP contribution is -2.29. The van der Waals surface area contributed by atoms with Crippen molar-refractivity contribution in [3.05, 3.63) is 51.7 Å². The Morgan fingerprint density at radius 1 is 1.37 bits per heavy atom. The number of anilines is 1. The summed E-state index contributed by atoms with van der Waals surface area (Å²) in [5.41, 5.74) is 8.05. The molecule has 0 saturated carbocycles. The summed E-state index contributed by atoms with van der Waals surface area (Å²) in [6, 6.07) is 9.66. The van der Waals surface area contributed by atoms with E-state index in [1.54, 1.807) is 22.3 Å². The summed E-state index contributed by atoms with van der Waals surface area (Å²) in [6.07, 6.45) is 0.881. The Hall–Kier alpha value is -1.81. The molecule has 0 radical (unpaired) electrons. The number of rotatable bonds is 4. The Labute approximate surface area is 117 Å². The van der Waals surface area contributed by atoms with Crippen molar-refractivity contribution in [3.63, 3.8) is 0 Å². The molecule has 0 fully saturated rings. The van der Waals surface area contributed by atoms with Gasteiger partial charge in [0.15, 0.2) is 0 Å². The highest BCUT2D eigenvalue weighted by molar-refractivity contribution is 7.09. The van der Waals surface area contributed by atoms with Crippen molar-refractivity contribution in [3.8, 4) is 0 Å². The number of amides is 1. The van der Waals surface area contributed by atoms with Crippen molar-refractivity contribution in [2.45, 2.75) is 13.3 Å². The Kier molecular flexibility index (Phi) is 4.22. The third-order valence-corrected chi connectivity index (χ3v) is 4.00. The normalized spacial score (nSPS) is 10.4.